The van der Waals surface area contributed by atoms with Crippen molar-refractivity contribution in [1.82, 2.24) is 0 Å². The molecule has 3 N–H and O–H groups in total. The maximum atomic E-state index is 12.4. The van der Waals surface area contributed by atoms with E-state index in [-0.39, 0.29) is 24.0 Å². The topological polar surface area (TPSA) is 94.8 Å². The average molecular weight is 398 g/mol. The quantitative estimate of drug-likeness (QED) is 0.337. The Labute approximate surface area is 172 Å². The van der Waals surface area contributed by atoms with Crippen LogP contribution in [0.5, 0.6) is 0 Å². The van der Waals surface area contributed by atoms with E-state index in [1.54, 1.807) is 12.2 Å². The van der Waals surface area contributed by atoms with Crippen molar-refractivity contribution in [3.63, 3.8) is 0 Å². The molecular weight excluding hydrogens is 368 g/mol. The van der Waals surface area contributed by atoms with Gasteiger partial charge in [0.15, 0.2) is 0 Å². The van der Waals surface area contributed by atoms with Gasteiger partial charge in [-0.3, -0.25) is 9.59 Å². The number of aliphatic hydroxyl groups excluding tert-OH is 2. The number of benzene rings is 1. The van der Waals surface area contributed by atoms with Gasteiger partial charge < -0.3 is 15.3 Å². The first-order chi connectivity index (χ1) is 14.0. The third-order valence-corrected chi connectivity index (χ3v) is 5.28. The highest BCUT2D eigenvalue weighted by molar-refractivity contribution is 5.82. The number of aliphatic hydroxyl groups is 2. The van der Waals surface area contributed by atoms with Crippen molar-refractivity contribution in [2.45, 2.75) is 63.6 Å². The fraction of sp³-hybridized carbons (Fsp3) is 0.500. The molecular formula is C24H30O5. The summed E-state index contributed by atoms with van der Waals surface area (Å²) in [6.07, 6.45) is 5.69. The Bertz CT molecular complexity index is 744. The summed E-state index contributed by atoms with van der Waals surface area (Å²) in [5.74, 6) is 4.41. The molecule has 29 heavy (non-hydrogen) atoms. The van der Waals surface area contributed by atoms with Crippen LogP contribution in [0.2, 0.25) is 0 Å². The van der Waals surface area contributed by atoms with E-state index in [1.165, 1.54) is 0 Å². The number of Topliss-reactive ketones (excluding diaryl/α,β-unsaturated/α-hetero) is 1. The van der Waals surface area contributed by atoms with Gasteiger partial charge in [-0.15, -0.1) is 11.8 Å². The summed E-state index contributed by atoms with van der Waals surface area (Å²) < 4.78 is 0. The number of rotatable bonds is 9. The Morgan fingerprint density at radius 1 is 1.24 bits per heavy atom. The van der Waals surface area contributed by atoms with Crippen LogP contribution in [0.25, 0.3) is 0 Å². The maximum Gasteiger partial charge on any atom is 0.303 e. The molecule has 0 spiro atoms. The van der Waals surface area contributed by atoms with Crippen LogP contribution in [0.3, 0.4) is 0 Å². The molecule has 4 atom stereocenters. The summed E-state index contributed by atoms with van der Waals surface area (Å²) in [4.78, 5) is 22.9. The fourth-order valence-corrected chi connectivity index (χ4v) is 3.57. The number of aliphatic carboxylic acids is 1. The van der Waals surface area contributed by atoms with Crippen LogP contribution < -0.4 is 0 Å². The summed E-state index contributed by atoms with van der Waals surface area (Å²) in [5, 5.41) is 29.3. The van der Waals surface area contributed by atoms with Crippen molar-refractivity contribution in [2.75, 3.05) is 0 Å². The molecule has 0 saturated heterocycles. The van der Waals surface area contributed by atoms with Gasteiger partial charge in [0.25, 0.3) is 0 Å². The van der Waals surface area contributed by atoms with Crippen LogP contribution in [0, 0.1) is 23.7 Å². The first kappa shape index (κ1) is 22.9. The van der Waals surface area contributed by atoms with Crippen LogP contribution in [0.4, 0.5) is 0 Å². The summed E-state index contributed by atoms with van der Waals surface area (Å²) in [7, 11) is 0. The molecule has 1 saturated carbocycles. The van der Waals surface area contributed by atoms with Gasteiger partial charge in [-0.2, -0.15) is 0 Å². The molecule has 2 rings (SSSR count). The Kier molecular flexibility index (Phi) is 9.63. The smallest absolute Gasteiger partial charge is 0.303 e. The molecule has 0 heterocycles. The lowest BCUT2D eigenvalue weighted by Crippen LogP contribution is -2.37. The van der Waals surface area contributed by atoms with E-state index in [4.69, 9.17) is 5.11 Å². The number of hydrogen-bond acceptors (Lipinski definition) is 4. The molecule has 0 radical (unpaired) electrons. The highest BCUT2D eigenvalue weighted by Crippen LogP contribution is 2.31. The van der Waals surface area contributed by atoms with Gasteiger partial charge in [0.2, 0.25) is 0 Å². The van der Waals surface area contributed by atoms with Crippen molar-refractivity contribution < 1.29 is 24.9 Å². The minimum absolute atomic E-state index is 0.0853. The number of carboxylic acid groups (broad SMARTS) is 1. The van der Waals surface area contributed by atoms with Crippen LogP contribution >= 0.6 is 0 Å². The lowest BCUT2D eigenvalue weighted by molar-refractivity contribution is -0.137. The number of hydrogen-bond donors (Lipinski definition) is 3. The molecule has 5 nitrogen and oxygen atoms in total. The monoisotopic (exact) mass is 398 g/mol. The number of carbonyl (C=O) groups excluding carboxylic acids is 1. The van der Waals surface area contributed by atoms with Gasteiger partial charge in [0, 0.05) is 37.5 Å². The van der Waals surface area contributed by atoms with Gasteiger partial charge >= 0.3 is 5.97 Å². The van der Waals surface area contributed by atoms with E-state index in [2.05, 4.69) is 11.8 Å². The minimum atomic E-state index is -0.839. The Morgan fingerprint density at radius 3 is 2.72 bits per heavy atom. The normalized spacial score (nSPS) is 22.8. The summed E-state index contributed by atoms with van der Waals surface area (Å²) in [6, 6.07) is 9.93. The Balaban J connectivity index is 1.90. The Morgan fingerprint density at radius 2 is 2.00 bits per heavy atom. The molecule has 4 unspecified atom stereocenters. The lowest BCUT2D eigenvalue weighted by atomic mass is 9.74. The summed E-state index contributed by atoms with van der Waals surface area (Å²) in [5.41, 5.74) is 1.16. The van der Waals surface area contributed by atoms with Gasteiger partial charge in [-0.05, 0) is 31.2 Å². The highest BCUT2D eigenvalue weighted by Gasteiger charge is 2.35. The third-order valence-electron chi connectivity index (χ3n) is 5.28. The third kappa shape index (κ3) is 8.23. The van der Waals surface area contributed by atoms with Crippen LogP contribution in [-0.4, -0.2) is 39.3 Å². The first-order valence-electron chi connectivity index (χ1n) is 10.3. The SMILES string of the molecule is O=C(O)CCCC#CCC1C(=O)CCC(O)C1/C=C/C(O)CCc1ccccc1. The first-order valence-corrected chi connectivity index (χ1v) is 10.3. The minimum Gasteiger partial charge on any atom is -0.481 e. The van der Waals surface area contributed by atoms with E-state index in [0.29, 0.717) is 38.5 Å². The summed E-state index contributed by atoms with van der Waals surface area (Å²) in [6.45, 7) is 0. The van der Waals surface area contributed by atoms with Crippen molar-refractivity contribution in [3.8, 4) is 11.8 Å². The number of ketones is 1. The van der Waals surface area contributed by atoms with Gasteiger partial charge in [-0.25, -0.2) is 0 Å². The van der Waals surface area contributed by atoms with E-state index < -0.39 is 18.2 Å². The van der Waals surface area contributed by atoms with E-state index in [9.17, 15) is 19.8 Å². The molecule has 1 aliphatic carbocycles. The molecule has 0 aliphatic heterocycles. The van der Waals surface area contributed by atoms with Crippen LogP contribution in [0.1, 0.15) is 50.5 Å². The molecule has 5 heteroatoms. The molecule has 0 bridgehead atoms. The maximum absolute atomic E-state index is 12.4. The van der Waals surface area contributed by atoms with Crippen molar-refractivity contribution in [1.29, 1.82) is 0 Å². The standard InChI is InChI=1S/C24H30O5/c25-19(13-12-18-8-4-3-5-9-18)14-15-21-20(22(26)16-17-23(21)27)10-6-1-2-7-11-24(28)29/h3-5,8-9,14-15,19-21,23,25,27H,2,7,10-13,16-17H2,(H,28,29)/b15-14+. The number of carbonyl (C=O) groups is 2. The highest BCUT2D eigenvalue weighted by atomic mass is 16.4. The van der Waals surface area contributed by atoms with E-state index >= 15 is 0 Å². The number of carboxylic acids is 1. The van der Waals surface area contributed by atoms with Gasteiger partial charge in [-0.1, -0.05) is 42.5 Å². The molecule has 1 aromatic carbocycles. The summed E-state index contributed by atoms with van der Waals surface area (Å²) >= 11 is 0. The number of aryl methyl sites for hydroxylation is 1. The second-order valence-corrected chi connectivity index (χ2v) is 7.54. The second kappa shape index (κ2) is 12.2. The molecule has 1 aromatic rings. The largest absolute Gasteiger partial charge is 0.481 e. The van der Waals surface area contributed by atoms with Crippen molar-refractivity contribution in [3.05, 3.63) is 48.0 Å². The zero-order valence-corrected chi connectivity index (χ0v) is 16.7. The van der Waals surface area contributed by atoms with E-state index in [1.807, 2.05) is 30.3 Å². The average Bonchev–Trinajstić information content (AvgIpc) is 2.71. The predicted octanol–water partition coefficient (Wildman–Crippen LogP) is 3.14. The van der Waals surface area contributed by atoms with Crippen molar-refractivity contribution in [2.24, 2.45) is 11.8 Å². The molecule has 156 valence electrons. The molecule has 0 amide bonds. The zero-order chi connectivity index (χ0) is 21.1. The zero-order valence-electron chi connectivity index (χ0n) is 16.7. The lowest BCUT2D eigenvalue weighted by Gasteiger charge is -2.31. The van der Waals surface area contributed by atoms with E-state index in [0.717, 1.165) is 12.0 Å². The van der Waals surface area contributed by atoms with Crippen LogP contribution in [-0.2, 0) is 16.0 Å². The predicted molar refractivity (Wildman–Crippen MR) is 111 cm³/mol. The molecule has 0 aromatic heterocycles. The number of unbranched alkanes of at least 4 members (excludes halogenated alkanes) is 1. The van der Waals surface area contributed by atoms with Crippen molar-refractivity contribution >= 4 is 11.8 Å². The van der Waals surface area contributed by atoms with Crippen LogP contribution in [0.15, 0.2) is 42.5 Å². The molecule has 1 fully saturated rings. The molecule has 1 aliphatic rings. The Hall–Kier alpha value is -2.42. The van der Waals surface area contributed by atoms with Gasteiger partial charge in [0.05, 0.1) is 12.2 Å². The second-order valence-electron chi connectivity index (χ2n) is 7.54. The fourth-order valence-electron chi connectivity index (χ4n) is 3.57. The van der Waals surface area contributed by atoms with Gasteiger partial charge in [0.1, 0.15) is 5.78 Å².